The van der Waals surface area contributed by atoms with Crippen molar-refractivity contribution in [3.63, 3.8) is 0 Å². The van der Waals surface area contributed by atoms with Crippen LogP contribution in [0.2, 0.25) is 0 Å². The van der Waals surface area contributed by atoms with Crippen molar-refractivity contribution in [3.8, 4) is 5.69 Å². The fourth-order valence-electron chi connectivity index (χ4n) is 3.17. The quantitative estimate of drug-likeness (QED) is 0.929. The largest absolute Gasteiger partial charge is 0.477 e. The maximum Gasteiger partial charge on any atom is 0.342 e. The minimum Gasteiger partial charge on any atom is -0.477 e. The summed E-state index contributed by atoms with van der Waals surface area (Å²) in [6, 6.07) is 4.80. The van der Waals surface area contributed by atoms with Crippen LogP contribution in [-0.2, 0) is 6.54 Å². The van der Waals surface area contributed by atoms with Gasteiger partial charge in [0.2, 0.25) is 0 Å². The molecule has 0 atom stereocenters. The van der Waals surface area contributed by atoms with Crippen molar-refractivity contribution in [3.05, 3.63) is 62.7 Å². The summed E-state index contributed by atoms with van der Waals surface area (Å²) in [4.78, 5) is 36.4. The molecular weight excluding hydrogens is 315 g/mol. The first-order valence-electron chi connectivity index (χ1n) is 7.83. The lowest BCUT2D eigenvalue weighted by Gasteiger charge is -2.15. The molecule has 1 aliphatic carbocycles. The molecule has 2 aromatic rings. The third-order valence-electron chi connectivity index (χ3n) is 4.40. The Kier molecular flexibility index (Phi) is 4.33. The molecule has 1 fully saturated rings. The maximum atomic E-state index is 13.1. The van der Waals surface area contributed by atoms with Crippen molar-refractivity contribution in [1.82, 2.24) is 9.13 Å². The average Bonchev–Trinajstić information content (AvgIpc) is 3.04. The van der Waals surface area contributed by atoms with Gasteiger partial charge in [-0.25, -0.2) is 18.5 Å². The van der Waals surface area contributed by atoms with E-state index in [1.807, 2.05) is 0 Å². The molecule has 1 saturated carbocycles. The van der Waals surface area contributed by atoms with E-state index in [2.05, 4.69) is 0 Å². The molecule has 0 radical (unpaired) electrons. The van der Waals surface area contributed by atoms with Gasteiger partial charge in [0.1, 0.15) is 11.4 Å². The predicted octanol–water partition coefficient (Wildman–Crippen LogP) is 2.03. The first-order valence-corrected chi connectivity index (χ1v) is 7.83. The smallest absolute Gasteiger partial charge is 0.342 e. The second-order valence-corrected chi connectivity index (χ2v) is 6.05. The third kappa shape index (κ3) is 3.02. The number of hydrogen-bond acceptors (Lipinski definition) is 3. The van der Waals surface area contributed by atoms with Crippen molar-refractivity contribution in [2.75, 3.05) is 0 Å². The number of aromatic nitrogens is 2. The number of benzene rings is 1. The van der Waals surface area contributed by atoms with E-state index < -0.39 is 28.6 Å². The van der Waals surface area contributed by atoms with Crippen LogP contribution in [0.4, 0.5) is 4.39 Å². The monoisotopic (exact) mass is 332 g/mol. The second-order valence-electron chi connectivity index (χ2n) is 6.05. The Morgan fingerprint density at radius 2 is 1.79 bits per heavy atom. The zero-order valence-electron chi connectivity index (χ0n) is 12.9. The van der Waals surface area contributed by atoms with Crippen LogP contribution >= 0.6 is 0 Å². The number of nitrogens with zero attached hydrogens (tertiary/aromatic N) is 2. The highest BCUT2D eigenvalue weighted by Crippen LogP contribution is 2.25. The summed E-state index contributed by atoms with van der Waals surface area (Å²) < 4.78 is 15.2. The normalized spacial score (nSPS) is 14.9. The van der Waals surface area contributed by atoms with Crippen LogP contribution in [0.5, 0.6) is 0 Å². The fraction of sp³-hybridized carbons (Fsp3) is 0.353. The summed E-state index contributed by atoms with van der Waals surface area (Å²) in [6.07, 6.45) is 5.24. The van der Waals surface area contributed by atoms with Gasteiger partial charge < -0.3 is 5.11 Å². The van der Waals surface area contributed by atoms with Crippen molar-refractivity contribution in [2.24, 2.45) is 5.92 Å². The fourth-order valence-corrected chi connectivity index (χ4v) is 3.17. The molecule has 24 heavy (non-hydrogen) atoms. The van der Waals surface area contributed by atoms with E-state index in [0.29, 0.717) is 12.5 Å². The highest BCUT2D eigenvalue weighted by atomic mass is 19.1. The SMILES string of the molecule is O=C(O)c1cn(CC2CCCC2)c(=O)n(-c2ccc(F)cc2)c1=O. The Morgan fingerprint density at radius 1 is 1.17 bits per heavy atom. The number of aromatic carboxylic acids is 1. The van der Waals surface area contributed by atoms with Crippen molar-refractivity contribution in [1.29, 1.82) is 0 Å². The summed E-state index contributed by atoms with van der Waals surface area (Å²) in [7, 11) is 0. The lowest BCUT2D eigenvalue weighted by molar-refractivity contribution is 0.0693. The topological polar surface area (TPSA) is 81.3 Å². The second kappa shape index (κ2) is 6.43. The summed E-state index contributed by atoms with van der Waals surface area (Å²) in [5.41, 5.74) is -1.85. The Hall–Kier alpha value is -2.70. The van der Waals surface area contributed by atoms with Crippen LogP contribution < -0.4 is 11.2 Å². The molecule has 0 aliphatic heterocycles. The lowest BCUT2D eigenvalue weighted by atomic mass is 10.1. The molecule has 0 unspecified atom stereocenters. The molecule has 1 aromatic carbocycles. The number of carboxylic acids is 1. The minimum absolute atomic E-state index is 0.148. The van der Waals surface area contributed by atoms with Crippen LogP contribution in [0.15, 0.2) is 40.1 Å². The Bertz CT molecular complexity index is 877. The zero-order valence-corrected chi connectivity index (χ0v) is 12.9. The highest BCUT2D eigenvalue weighted by molar-refractivity contribution is 5.86. The first kappa shape index (κ1) is 16.2. The molecule has 1 heterocycles. The van der Waals surface area contributed by atoms with Crippen LogP contribution in [0.1, 0.15) is 36.0 Å². The summed E-state index contributed by atoms with van der Waals surface area (Å²) >= 11 is 0. The highest BCUT2D eigenvalue weighted by Gasteiger charge is 2.21. The standard InChI is InChI=1S/C17H17FN2O4/c18-12-5-7-13(8-6-12)20-15(21)14(16(22)23)10-19(17(20)24)9-11-3-1-2-4-11/h5-8,10-11H,1-4,9H2,(H,22,23). The summed E-state index contributed by atoms with van der Waals surface area (Å²) in [6.45, 7) is 0.376. The van der Waals surface area contributed by atoms with Gasteiger partial charge in [-0.2, -0.15) is 0 Å². The summed E-state index contributed by atoms with van der Waals surface area (Å²) in [5.74, 6) is -1.60. The van der Waals surface area contributed by atoms with Gasteiger partial charge in [0.25, 0.3) is 5.56 Å². The minimum atomic E-state index is -1.39. The van der Waals surface area contributed by atoms with E-state index >= 15 is 0 Å². The molecule has 6 nitrogen and oxygen atoms in total. The van der Waals surface area contributed by atoms with Crippen LogP contribution in [0.25, 0.3) is 5.69 Å². The molecule has 0 bridgehead atoms. The van der Waals surface area contributed by atoms with E-state index in [9.17, 15) is 23.9 Å². The van der Waals surface area contributed by atoms with Crippen LogP contribution in [-0.4, -0.2) is 20.2 Å². The first-order chi connectivity index (χ1) is 11.5. The Morgan fingerprint density at radius 3 is 2.38 bits per heavy atom. The van der Waals surface area contributed by atoms with Crippen molar-refractivity contribution >= 4 is 5.97 Å². The molecule has 0 amide bonds. The molecule has 126 valence electrons. The number of halogens is 1. The summed E-state index contributed by atoms with van der Waals surface area (Å²) in [5, 5.41) is 9.27. The van der Waals surface area contributed by atoms with E-state index in [-0.39, 0.29) is 5.69 Å². The molecule has 0 saturated heterocycles. The van der Waals surface area contributed by atoms with Crippen LogP contribution in [0.3, 0.4) is 0 Å². The van der Waals surface area contributed by atoms with E-state index in [4.69, 9.17) is 0 Å². The third-order valence-corrected chi connectivity index (χ3v) is 4.40. The van der Waals surface area contributed by atoms with Gasteiger partial charge in [-0.3, -0.25) is 9.36 Å². The van der Waals surface area contributed by atoms with E-state index in [1.165, 1.54) is 16.7 Å². The van der Waals surface area contributed by atoms with Gasteiger partial charge in [-0.15, -0.1) is 0 Å². The zero-order chi connectivity index (χ0) is 17.3. The number of rotatable bonds is 4. The van der Waals surface area contributed by atoms with Crippen molar-refractivity contribution in [2.45, 2.75) is 32.2 Å². The molecular formula is C17H17FN2O4. The van der Waals surface area contributed by atoms with Gasteiger partial charge in [0.15, 0.2) is 0 Å². The lowest BCUT2D eigenvalue weighted by Crippen LogP contribution is -2.42. The van der Waals surface area contributed by atoms with E-state index in [1.54, 1.807) is 0 Å². The van der Waals surface area contributed by atoms with Gasteiger partial charge >= 0.3 is 11.7 Å². The average molecular weight is 332 g/mol. The van der Waals surface area contributed by atoms with Gasteiger partial charge in [-0.05, 0) is 43.0 Å². The number of carboxylic acid groups (broad SMARTS) is 1. The van der Waals surface area contributed by atoms with Gasteiger partial charge in [0.05, 0.1) is 5.69 Å². The van der Waals surface area contributed by atoms with E-state index in [0.717, 1.165) is 48.6 Å². The molecule has 7 heteroatoms. The number of hydrogen-bond donors (Lipinski definition) is 1. The van der Waals surface area contributed by atoms with Crippen molar-refractivity contribution < 1.29 is 14.3 Å². The molecule has 1 N–H and O–H groups in total. The maximum absolute atomic E-state index is 13.1. The Balaban J connectivity index is 2.17. The molecule has 1 aromatic heterocycles. The molecule has 1 aliphatic rings. The molecule has 0 spiro atoms. The Labute approximate surface area is 136 Å². The van der Waals surface area contributed by atoms with Gasteiger partial charge in [0, 0.05) is 12.7 Å². The van der Waals surface area contributed by atoms with Crippen LogP contribution in [0, 0.1) is 11.7 Å². The number of carbonyl (C=O) groups is 1. The predicted molar refractivity (Wildman–Crippen MR) is 85.2 cm³/mol. The molecule has 3 rings (SSSR count). The van der Waals surface area contributed by atoms with Gasteiger partial charge in [-0.1, -0.05) is 12.8 Å².